The lowest BCUT2D eigenvalue weighted by Crippen LogP contribution is -2.66. The molecular weight excluding hydrogens is 418 g/mol. The topological polar surface area (TPSA) is 101 Å². The Bertz CT molecular complexity index is 949. The number of hydrogen-bond donors (Lipinski definition) is 3. The molecule has 1 amide bonds. The Morgan fingerprint density at radius 3 is 2.59 bits per heavy atom. The summed E-state index contributed by atoms with van der Waals surface area (Å²) >= 11 is 0. The zero-order valence-electron chi connectivity index (χ0n) is 18.5. The molecule has 0 radical (unpaired) electrons. The number of pyridine rings is 1. The zero-order chi connectivity index (χ0) is 23.5. The van der Waals surface area contributed by atoms with Gasteiger partial charge in [-0.25, -0.2) is 4.98 Å². The van der Waals surface area contributed by atoms with Crippen molar-refractivity contribution >= 4 is 11.6 Å². The number of ether oxygens (including phenoxy) is 1. The molecule has 0 bridgehead atoms. The normalized spacial score (nSPS) is 16.7. The predicted molar refractivity (Wildman–Crippen MR) is 118 cm³/mol. The molecule has 2 heterocycles. The first kappa shape index (κ1) is 24.0. The van der Waals surface area contributed by atoms with E-state index in [-0.39, 0.29) is 29.9 Å². The fourth-order valence-corrected chi connectivity index (χ4v) is 4.14. The second kappa shape index (κ2) is 9.89. The minimum absolute atomic E-state index is 0.0859. The second-order valence-electron chi connectivity index (χ2n) is 8.52. The maximum atomic E-state index is 13.6. The molecule has 1 fully saturated rings. The summed E-state index contributed by atoms with van der Waals surface area (Å²) in [6, 6.07) is 10.9. The van der Waals surface area contributed by atoms with Crippen LogP contribution in [0, 0.1) is 6.92 Å². The average molecular weight is 449 g/mol. The van der Waals surface area contributed by atoms with E-state index in [0.717, 1.165) is 11.1 Å². The van der Waals surface area contributed by atoms with Gasteiger partial charge < -0.3 is 20.9 Å². The number of rotatable bonds is 9. The van der Waals surface area contributed by atoms with Crippen LogP contribution in [0.5, 0.6) is 5.88 Å². The van der Waals surface area contributed by atoms with Gasteiger partial charge in [-0.15, -0.1) is 0 Å². The van der Waals surface area contributed by atoms with Gasteiger partial charge in [-0.2, -0.15) is 8.78 Å². The molecule has 0 unspecified atom stereocenters. The monoisotopic (exact) mass is 448 g/mol. The number of nitrogens with one attached hydrogen (secondary N) is 1. The fraction of sp³-hybridized carbons (Fsp3) is 0.478. The van der Waals surface area contributed by atoms with Gasteiger partial charge in [0.2, 0.25) is 11.8 Å². The van der Waals surface area contributed by atoms with E-state index in [0.29, 0.717) is 25.3 Å². The highest BCUT2D eigenvalue weighted by Crippen LogP contribution is 2.40. The largest absolute Gasteiger partial charge is 0.415 e. The Morgan fingerprint density at radius 2 is 1.97 bits per heavy atom. The van der Waals surface area contributed by atoms with Gasteiger partial charge in [0, 0.05) is 31.9 Å². The van der Waals surface area contributed by atoms with Crippen LogP contribution in [-0.4, -0.2) is 59.8 Å². The molecule has 1 aromatic carbocycles. The van der Waals surface area contributed by atoms with E-state index in [9.17, 15) is 18.7 Å². The number of carbonyl (C=O) groups is 1. The average Bonchev–Trinajstić information content (AvgIpc) is 2.71. The van der Waals surface area contributed by atoms with Gasteiger partial charge >= 0.3 is 6.61 Å². The molecule has 3 rings (SSSR count). The van der Waals surface area contributed by atoms with Gasteiger partial charge in [0.25, 0.3) is 0 Å². The molecule has 174 valence electrons. The SMILES string of the molecule is Cc1ccc(NC(=O)C2(c3ccccc3C(C)C)CN(C[C@@H](O)CN)C2)c(OC(F)F)n1. The Hall–Kier alpha value is -2.62. The van der Waals surface area contributed by atoms with E-state index in [2.05, 4.69) is 28.9 Å². The van der Waals surface area contributed by atoms with Crippen molar-refractivity contribution in [2.75, 3.05) is 31.5 Å². The number of aliphatic hydroxyl groups excluding tert-OH is 1. The lowest BCUT2D eigenvalue weighted by atomic mass is 9.69. The number of carbonyl (C=O) groups excluding carboxylic acids is 1. The van der Waals surface area contributed by atoms with E-state index < -0.39 is 18.1 Å². The van der Waals surface area contributed by atoms with Crippen molar-refractivity contribution in [1.29, 1.82) is 0 Å². The number of hydrogen-bond acceptors (Lipinski definition) is 6. The van der Waals surface area contributed by atoms with Crippen molar-refractivity contribution in [3.63, 3.8) is 0 Å². The number of β-amino-alcohol motifs (C(OH)–C–C–N with tert-alkyl or cyclic N) is 1. The molecule has 0 spiro atoms. The summed E-state index contributed by atoms with van der Waals surface area (Å²) in [6.45, 7) is 3.90. The first-order valence-corrected chi connectivity index (χ1v) is 10.6. The van der Waals surface area contributed by atoms with Crippen LogP contribution in [0.25, 0.3) is 0 Å². The van der Waals surface area contributed by atoms with Crippen molar-refractivity contribution in [3.05, 3.63) is 53.2 Å². The molecule has 1 aromatic heterocycles. The molecular formula is C23H30F2N4O3. The van der Waals surface area contributed by atoms with Crippen molar-refractivity contribution < 1.29 is 23.4 Å². The number of halogens is 2. The van der Waals surface area contributed by atoms with Gasteiger partial charge in [0.15, 0.2) is 0 Å². The minimum atomic E-state index is -3.06. The molecule has 1 aliphatic rings. The smallest absolute Gasteiger partial charge is 0.388 e. The van der Waals surface area contributed by atoms with Gasteiger partial charge in [-0.1, -0.05) is 38.1 Å². The first-order valence-electron chi connectivity index (χ1n) is 10.6. The number of nitrogens with two attached hydrogens (primary N) is 1. The van der Waals surface area contributed by atoms with Crippen molar-refractivity contribution in [1.82, 2.24) is 9.88 Å². The van der Waals surface area contributed by atoms with Crippen molar-refractivity contribution in [2.45, 2.75) is 44.8 Å². The molecule has 1 aliphatic heterocycles. The van der Waals surface area contributed by atoms with Crippen LogP contribution < -0.4 is 15.8 Å². The highest BCUT2D eigenvalue weighted by Gasteiger charge is 2.52. The predicted octanol–water partition coefficient (Wildman–Crippen LogP) is 2.63. The van der Waals surface area contributed by atoms with E-state index in [4.69, 9.17) is 5.73 Å². The van der Waals surface area contributed by atoms with Crippen LogP contribution in [0.15, 0.2) is 36.4 Å². The van der Waals surface area contributed by atoms with Crippen LogP contribution in [0.3, 0.4) is 0 Å². The summed E-state index contributed by atoms with van der Waals surface area (Å²) in [5.74, 6) is -0.484. The summed E-state index contributed by atoms with van der Waals surface area (Å²) < 4.78 is 30.3. The number of amides is 1. The van der Waals surface area contributed by atoms with Crippen LogP contribution >= 0.6 is 0 Å². The minimum Gasteiger partial charge on any atom is -0.415 e. The number of nitrogens with zero attached hydrogens (tertiary/aromatic N) is 2. The molecule has 32 heavy (non-hydrogen) atoms. The van der Waals surface area contributed by atoms with Crippen LogP contribution in [-0.2, 0) is 10.2 Å². The Labute approximate surface area is 186 Å². The van der Waals surface area contributed by atoms with Gasteiger partial charge in [0.1, 0.15) is 5.69 Å². The fourth-order valence-electron chi connectivity index (χ4n) is 4.14. The molecule has 0 aliphatic carbocycles. The highest BCUT2D eigenvalue weighted by molar-refractivity contribution is 6.01. The first-order chi connectivity index (χ1) is 15.2. The lowest BCUT2D eigenvalue weighted by molar-refractivity contribution is -0.129. The van der Waals surface area contributed by atoms with Gasteiger partial charge in [-0.05, 0) is 36.1 Å². The van der Waals surface area contributed by atoms with Gasteiger partial charge in [-0.3, -0.25) is 9.69 Å². The standard InChI is InChI=1S/C23H30F2N4O3/c1-14(2)17-6-4-5-7-18(17)23(12-29(13-23)11-16(30)10-26)21(31)28-19-9-8-15(3)27-20(19)32-22(24)25/h4-9,14,16,22,30H,10-13,26H2,1-3H3,(H,28,31)/t16-/m0/s1. The molecule has 1 saturated heterocycles. The number of aromatic nitrogens is 1. The third-order valence-electron chi connectivity index (χ3n) is 5.71. The molecule has 9 heteroatoms. The summed E-state index contributed by atoms with van der Waals surface area (Å²) in [6.07, 6.45) is -0.691. The maximum absolute atomic E-state index is 13.6. The zero-order valence-corrected chi connectivity index (χ0v) is 18.5. The Balaban J connectivity index is 1.95. The summed E-state index contributed by atoms with van der Waals surface area (Å²) in [4.78, 5) is 19.6. The van der Waals surface area contributed by atoms with E-state index in [1.807, 2.05) is 29.2 Å². The number of alkyl halides is 2. The van der Waals surface area contributed by atoms with Crippen molar-refractivity contribution in [2.24, 2.45) is 5.73 Å². The molecule has 0 saturated carbocycles. The van der Waals surface area contributed by atoms with Crippen molar-refractivity contribution in [3.8, 4) is 5.88 Å². The summed E-state index contributed by atoms with van der Waals surface area (Å²) in [7, 11) is 0. The Kier molecular flexibility index (Phi) is 7.43. The van der Waals surface area contributed by atoms with Crippen LogP contribution in [0.2, 0.25) is 0 Å². The molecule has 7 nitrogen and oxygen atoms in total. The summed E-state index contributed by atoms with van der Waals surface area (Å²) in [5.41, 5.74) is 7.11. The number of aliphatic hydroxyl groups is 1. The van der Waals surface area contributed by atoms with Crippen LogP contribution in [0.4, 0.5) is 14.5 Å². The van der Waals surface area contributed by atoms with E-state index in [1.165, 1.54) is 6.07 Å². The third kappa shape index (κ3) is 5.06. The number of benzene rings is 1. The van der Waals surface area contributed by atoms with Gasteiger partial charge in [0.05, 0.1) is 11.5 Å². The molecule has 1 atom stereocenters. The summed E-state index contributed by atoms with van der Waals surface area (Å²) in [5, 5.41) is 12.7. The molecule has 4 N–H and O–H groups in total. The van der Waals surface area contributed by atoms with E-state index in [1.54, 1.807) is 13.0 Å². The third-order valence-corrected chi connectivity index (χ3v) is 5.71. The Morgan fingerprint density at radius 1 is 1.28 bits per heavy atom. The number of likely N-dealkylation sites (tertiary alicyclic amines) is 1. The quantitative estimate of drug-likeness (QED) is 0.545. The van der Waals surface area contributed by atoms with E-state index >= 15 is 0 Å². The number of anilines is 1. The number of aryl methyl sites for hydroxylation is 1. The second-order valence-corrected chi connectivity index (χ2v) is 8.52. The molecule has 2 aromatic rings. The highest BCUT2D eigenvalue weighted by atomic mass is 19.3. The lowest BCUT2D eigenvalue weighted by Gasteiger charge is -2.50. The maximum Gasteiger partial charge on any atom is 0.388 e. The van der Waals surface area contributed by atoms with Crippen LogP contribution in [0.1, 0.15) is 36.6 Å².